The van der Waals surface area contributed by atoms with Gasteiger partial charge in [-0.2, -0.15) is 0 Å². The van der Waals surface area contributed by atoms with Gasteiger partial charge >= 0.3 is 0 Å². The number of hydrogen-bond donors (Lipinski definition) is 1. The van der Waals surface area contributed by atoms with E-state index < -0.39 is 0 Å². The van der Waals surface area contributed by atoms with Crippen molar-refractivity contribution in [3.8, 4) is 11.3 Å². The van der Waals surface area contributed by atoms with Crippen LogP contribution in [-0.4, -0.2) is 16.5 Å². The lowest BCUT2D eigenvalue weighted by atomic mass is 10.0. The first-order valence-electron chi connectivity index (χ1n) is 7.03. The lowest BCUT2D eigenvalue weighted by molar-refractivity contribution is 0.619. The van der Waals surface area contributed by atoms with E-state index in [9.17, 15) is 4.39 Å². The Morgan fingerprint density at radius 1 is 1.20 bits per heavy atom. The SMILES string of the molecule is CCCNc1cc(-c2cccc(F)c2C)nc(CC)n1. The summed E-state index contributed by atoms with van der Waals surface area (Å²) >= 11 is 0. The molecule has 4 heteroatoms. The number of nitrogens with one attached hydrogen (secondary N) is 1. The minimum absolute atomic E-state index is 0.206. The number of anilines is 1. The largest absolute Gasteiger partial charge is 0.370 e. The maximum atomic E-state index is 13.7. The highest BCUT2D eigenvalue weighted by molar-refractivity contribution is 5.66. The Bertz CT molecular complexity index is 596. The zero-order chi connectivity index (χ0) is 14.5. The van der Waals surface area contributed by atoms with Crippen molar-refractivity contribution in [1.29, 1.82) is 0 Å². The van der Waals surface area contributed by atoms with Crippen LogP contribution in [0, 0.1) is 12.7 Å². The van der Waals surface area contributed by atoms with Crippen molar-refractivity contribution in [1.82, 2.24) is 9.97 Å². The summed E-state index contributed by atoms with van der Waals surface area (Å²) in [6.45, 7) is 6.76. The van der Waals surface area contributed by atoms with Gasteiger partial charge in [0.15, 0.2) is 0 Å². The summed E-state index contributed by atoms with van der Waals surface area (Å²) in [6.07, 6.45) is 1.78. The normalized spacial score (nSPS) is 10.6. The maximum absolute atomic E-state index is 13.7. The number of benzene rings is 1. The minimum atomic E-state index is -0.206. The molecule has 106 valence electrons. The Morgan fingerprint density at radius 3 is 2.70 bits per heavy atom. The lowest BCUT2D eigenvalue weighted by Crippen LogP contribution is -2.06. The molecule has 3 nitrogen and oxygen atoms in total. The molecule has 1 heterocycles. The molecule has 0 saturated heterocycles. The molecule has 2 aromatic rings. The van der Waals surface area contributed by atoms with E-state index in [-0.39, 0.29) is 5.82 Å². The quantitative estimate of drug-likeness (QED) is 0.895. The molecule has 0 bridgehead atoms. The summed E-state index contributed by atoms with van der Waals surface area (Å²) in [6, 6.07) is 6.96. The number of hydrogen-bond acceptors (Lipinski definition) is 3. The van der Waals surface area contributed by atoms with Gasteiger partial charge < -0.3 is 5.32 Å². The Labute approximate surface area is 119 Å². The van der Waals surface area contributed by atoms with E-state index in [2.05, 4.69) is 22.2 Å². The van der Waals surface area contributed by atoms with Crippen LogP contribution in [0.3, 0.4) is 0 Å². The molecule has 0 amide bonds. The second-order valence-corrected chi connectivity index (χ2v) is 4.75. The van der Waals surface area contributed by atoms with Crippen LogP contribution in [0.1, 0.15) is 31.7 Å². The highest BCUT2D eigenvalue weighted by Gasteiger charge is 2.10. The van der Waals surface area contributed by atoms with Crippen molar-refractivity contribution in [2.75, 3.05) is 11.9 Å². The van der Waals surface area contributed by atoms with Crippen LogP contribution in [0.2, 0.25) is 0 Å². The van der Waals surface area contributed by atoms with Gasteiger partial charge in [-0.15, -0.1) is 0 Å². The van der Waals surface area contributed by atoms with E-state index in [1.807, 2.05) is 19.1 Å². The van der Waals surface area contributed by atoms with E-state index >= 15 is 0 Å². The standard InChI is InChI=1S/C16H20FN3/c1-4-9-18-16-10-14(19-15(5-2)20-16)12-7-6-8-13(17)11(12)3/h6-8,10H,4-5,9H2,1-3H3,(H,18,19,20). The molecule has 0 saturated carbocycles. The molecular formula is C16H20FN3. The fraction of sp³-hybridized carbons (Fsp3) is 0.375. The molecule has 0 spiro atoms. The van der Waals surface area contributed by atoms with Gasteiger partial charge in [-0.3, -0.25) is 0 Å². The fourth-order valence-corrected chi connectivity index (χ4v) is 2.02. The summed E-state index contributed by atoms with van der Waals surface area (Å²) in [7, 11) is 0. The van der Waals surface area contributed by atoms with Crippen molar-refractivity contribution < 1.29 is 4.39 Å². The topological polar surface area (TPSA) is 37.8 Å². The van der Waals surface area contributed by atoms with Gasteiger partial charge in [-0.1, -0.05) is 26.0 Å². The third-order valence-electron chi connectivity index (χ3n) is 3.19. The monoisotopic (exact) mass is 273 g/mol. The molecule has 0 aliphatic carbocycles. The highest BCUT2D eigenvalue weighted by atomic mass is 19.1. The van der Waals surface area contributed by atoms with Gasteiger partial charge in [0.2, 0.25) is 0 Å². The Morgan fingerprint density at radius 2 is 2.00 bits per heavy atom. The summed E-state index contributed by atoms with van der Waals surface area (Å²) in [5.74, 6) is 1.37. The molecule has 0 unspecified atom stereocenters. The summed E-state index contributed by atoms with van der Waals surface area (Å²) in [4.78, 5) is 8.97. The smallest absolute Gasteiger partial charge is 0.131 e. The van der Waals surface area contributed by atoms with Gasteiger partial charge in [0.25, 0.3) is 0 Å². The summed E-state index contributed by atoms with van der Waals surface area (Å²) in [5.41, 5.74) is 2.21. The molecule has 1 aromatic heterocycles. The van der Waals surface area contributed by atoms with Crippen LogP contribution in [0.25, 0.3) is 11.3 Å². The van der Waals surface area contributed by atoms with Gasteiger partial charge in [0.05, 0.1) is 5.69 Å². The number of aryl methyl sites for hydroxylation is 1. The Hall–Kier alpha value is -1.97. The molecule has 0 aliphatic heterocycles. The molecule has 2 rings (SSSR count). The molecule has 0 fully saturated rings. The van der Waals surface area contributed by atoms with Crippen LogP contribution in [0.5, 0.6) is 0 Å². The first-order valence-corrected chi connectivity index (χ1v) is 7.03. The van der Waals surface area contributed by atoms with E-state index in [1.165, 1.54) is 6.07 Å². The lowest BCUT2D eigenvalue weighted by Gasteiger charge is -2.11. The second-order valence-electron chi connectivity index (χ2n) is 4.75. The van der Waals surface area contributed by atoms with Crippen LogP contribution in [0.4, 0.5) is 10.2 Å². The zero-order valence-corrected chi connectivity index (χ0v) is 12.2. The fourth-order valence-electron chi connectivity index (χ4n) is 2.02. The minimum Gasteiger partial charge on any atom is -0.370 e. The molecule has 0 radical (unpaired) electrons. The Kier molecular flexibility index (Phi) is 4.66. The maximum Gasteiger partial charge on any atom is 0.131 e. The van der Waals surface area contributed by atoms with Gasteiger partial charge in [0.1, 0.15) is 17.5 Å². The number of rotatable bonds is 5. The third-order valence-corrected chi connectivity index (χ3v) is 3.19. The summed E-state index contributed by atoms with van der Waals surface area (Å²) < 4.78 is 13.7. The molecule has 0 atom stereocenters. The third kappa shape index (κ3) is 3.13. The number of aromatic nitrogens is 2. The highest BCUT2D eigenvalue weighted by Crippen LogP contribution is 2.25. The van der Waals surface area contributed by atoms with Crippen LogP contribution >= 0.6 is 0 Å². The van der Waals surface area contributed by atoms with Crippen LogP contribution < -0.4 is 5.32 Å². The van der Waals surface area contributed by atoms with Crippen molar-refractivity contribution in [2.45, 2.75) is 33.6 Å². The first-order chi connectivity index (χ1) is 9.65. The van der Waals surface area contributed by atoms with Gasteiger partial charge in [-0.25, -0.2) is 14.4 Å². The number of halogens is 1. The average Bonchev–Trinajstić information content (AvgIpc) is 2.47. The van der Waals surface area contributed by atoms with Gasteiger partial charge in [0, 0.05) is 24.6 Å². The first kappa shape index (κ1) is 14.4. The zero-order valence-electron chi connectivity index (χ0n) is 12.2. The molecule has 0 aliphatic rings. The summed E-state index contributed by atoms with van der Waals surface area (Å²) in [5, 5.41) is 3.27. The van der Waals surface area contributed by atoms with Crippen molar-refractivity contribution >= 4 is 5.82 Å². The van der Waals surface area contributed by atoms with E-state index in [0.717, 1.165) is 42.3 Å². The number of nitrogens with zero attached hydrogens (tertiary/aromatic N) is 2. The van der Waals surface area contributed by atoms with Crippen molar-refractivity contribution in [3.63, 3.8) is 0 Å². The molecule has 1 N–H and O–H groups in total. The molecule has 20 heavy (non-hydrogen) atoms. The predicted molar refractivity (Wildman–Crippen MR) is 80.3 cm³/mol. The van der Waals surface area contributed by atoms with Gasteiger partial charge in [-0.05, 0) is 25.0 Å². The predicted octanol–water partition coefficient (Wildman–Crippen LogP) is 3.98. The van der Waals surface area contributed by atoms with Crippen molar-refractivity contribution in [2.24, 2.45) is 0 Å². The molecular weight excluding hydrogens is 253 g/mol. The van der Waals surface area contributed by atoms with Crippen molar-refractivity contribution in [3.05, 3.63) is 41.5 Å². The second kappa shape index (κ2) is 6.46. The van der Waals surface area contributed by atoms with Crippen LogP contribution in [0.15, 0.2) is 24.3 Å². The van der Waals surface area contributed by atoms with Crippen LogP contribution in [-0.2, 0) is 6.42 Å². The Balaban J connectivity index is 2.47. The van der Waals surface area contributed by atoms with E-state index in [4.69, 9.17) is 0 Å². The van der Waals surface area contributed by atoms with E-state index in [0.29, 0.717) is 5.56 Å². The molecule has 1 aromatic carbocycles. The average molecular weight is 273 g/mol. The van der Waals surface area contributed by atoms with E-state index in [1.54, 1.807) is 13.0 Å².